The molecular formula is C49H28N4O. The molecule has 0 radical (unpaired) electrons. The van der Waals surface area contributed by atoms with Gasteiger partial charge in [-0.05, 0) is 75.5 Å². The van der Waals surface area contributed by atoms with Gasteiger partial charge in [0.15, 0.2) is 17.5 Å². The van der Waals surface area contributed by atoms with E-state index in [1.54, 1.807) is 0 Å². The average Bonchev–Trinajstić information content (AvgIpc) is 3.88. The third-order valence-corrected chi connectivity index (χ3v) is 11.0. The molecule has 3 heterocycles. The van der Waals surface area contributed by atoms with Crippen LogP contribution in [0.5, 0.6) is 0 Å². The summed E-state index contributed by atoms with van der Waals surface area (Å²) >= 11 is 0. The normalized spacial score (nSPS) is 12.1. The molecule has 3 aromatic heterocycles. The van der Waals surface area contributed by atoms with E-state index < -0.39 is 0 Å². The first-order chi connectivity index (χ1) is 26.8. The van der Waals surface area contributed by atoms with Gasteiger partial charge in [0.05, 0.1) is 16.7 Å². The minimum atomic E-state index is 0.593. The van der Waals surface area contributed by atoms with Gasteiger partial charge in [-0.1, -0.05) is 127 Å². The molecule has 5 heteroatoms. The maximum Gasteiger partial charge on any atom is 0.166 e. The van der Waals surface area contributed by atoms with Crippen molar-refractivity contribution in [2.45, 2.75) is 0 Å². The van der Waals surface area contributed by atoms with Gasteiger partial charge in [-0.25, -0.2) is 15.0 Å². The van der Waals surface area contributed by atoms with Gasteiger partial charge in [0.2, 0.25) is 0 Å². The summed E-state index contributed by atoms with van der Waals surface area (Å²) < 4.78 is 8.97. The molecular weight excluding hydrogens is 661 g/mol. The molecule has 0 N–H and O–H groups in total. The molecule has 1 aliphatic rings. The molecule has 0 atom stereocenters. The van der Waals surface area contributed by atoms with E-state index in [2.05, 4.69) is 144 Å². The Bertz CT molecular complexity index is 3280. The summed E-state index contributed by atoms with van der Waals surface area (Å²) in [6, 6.07) is 59.5. The van der Waals surface area contributed by atoms with Crippen LogP contribution in [0.15, 0.2) is 174 Å². The predicted molar refractivity (Wildman–Crippen MR) is 220 cm³/mol. The highest BCUT2D eigenvalue weighted by Crippen LogP contribution is 2.50. The Kier molecular flexibility index (Phi) is 5.99. The van der Waals surface area contributed by atoms with Crippen molar-refractivity contribution < 1.29 is 4.42 Å². The first kappa shape index (κ1) is 29.2. The second kappa shape index (κ2) is 11.1. The van der Waals surface area contributed by atoms with Crippen molar-refractivity contribution in [2.75, 3.05) is 0 Å². The number of benzene rings is 8. The summed E-state index contributed by atoms with van der Waals surface area (Å²) in [5.74, 6) is 1.81. The fraction of sp³-hybridized carbons (Fsp3) is 0. The van der Waals surface area contributed by atoms with Crippen molar-refractivity contribution >= 4 is 54.5 Å². The second-order valence-electron chi connectivity index (χ2n) is 13.9. The molecule has 0 amide bonds. The fourth-order valence-corrected chi connectivity index (χ4v) is 8.67. The standard InChI is InChI=1S/C49H28N4O/c1-2-13-30(14-3-1)47-50-48(35-19-6-9-25-42(35)53-40-23-7-4-17-31(40)32-18-5-8-24-41(32)53)52-49(51-47)36-22-12-26-43-46(36)39-27-37-33-20-10-15-29-16-11-21-34(45(29)33)38(37)28-44(39)54-43/h1-28H. The van der Waals surface area contributed by atoms with Gasteiger partial charge in [-0.3, -0.25) is 0 Å². The third kappa shape index (κ3) is 4.12. The Morgan fingerprint density at radius 1 is 0.370 bits per heavy atom. The number of para-hydroxylation sites is 3. The zero-order valence-corrected chi connectivity index (χ0v) is 28.9. The zero-order valence-electron chi connectivity index (χ0n) is 28.9. The summed E-state index contributed by atoms with van der Waals surface area (Å²) in [5, 5.41) is 6.98. The summed E-state index contributed by atoms with van der Waals surface area (Å²) in [5.41, 5.74) is 12.5. The molecule has 12 rings (SSSR count). The highest BCUT2D eigenvalue weighted by molar-refractivity contribution is 6.20. The summed E-state index contributed by atoms with van der Waals surface area (Å²) in [6.45, 7) is 0. The first-order valence-corrected chi connectivity index (χ1v) is 18.2. The van der Waals surface area contributed by atoms with Crippen molar-refractivity contribution in [3.63, 3.8) is 0 Å². The number of nitrogens with zero attached hydrogens (tertiary/aromatic N) is 4. The SMILES string of the molecule is c1ccc(-c2nc(-c3ccccc3-n3c4ccccc4c4ccccc43)nc(-c3cccc4oc5cc6c(cc5c34)-c3cccc4cccc-6c34)n2)cc1. The average molecular weight is 689 g/mol. The van der Waals surface area contributed by atoms with E-state index in [0.29, 0.717) is 17.5 Å². The lowest BCUT2D eigenvalue weighted by molar-refractivity contribution is 0.669. The molecule has 1 aliphatic carbocycles. The molecule has 8 aromatic carbocycles. The Morgan fingerprint density at radius 3 is 1.70 bits per heavy atom. The van der Waals surface area contributed by atoms with E-state index in [9.17, 15) is 0 Å². The smallest absolute Gasteiger partial charge is 0.166 e. The van der Waals surface area contributed by atoms with E-state index in [0.717, 1.165) is 55.3 Å². The molecule has 0 spiro atoms. The van der Waals surface area contributed by atoms with Gasteiger partial charge in [0.25, 0.3) is 0 Å². The van der Waals surface area contributed by atoms with Gasteiger partial charge in [0, 0.05) is 38.2 Å². The molecule has 5 nitrogen and oxygen atoms in total. The van der Waals surface area contributed by atoms with E-state index in [-0.39, 0.29) is 0 Å². The fourth-order valence-electron chi connectivity index (χ4n) is 8.67. The molecule has 250 valence electrons. The van der Waals surface area contributed by atoms with Gasteiger partial charge in [-0.2, -0.15) is 0 Å². The number of aromatic nitrogens is 4. The highest BCUT2D eigenvalue weighted by Gasteiger charge is 2.25. The number of hydrogen-bond acceptors (Lipinski definition) is 4. The van der Waals surface area contributed by atoms with Crippen LogP contribution in [0.1, 0.15) is 0 Å². The Balaban J connectivity index is 1.12. The minimum Gasteiger partial charge on any atom is -0.456 e. The van der Waals surface area contributed by atoms with Gasteiger partial charge in [-0.15, -0.1) is 0 Å². The van der Waals surface area contributed by atoms with Crippen LogP contribution < -0.4 is 0 Å². The first-order valence-electron chi connectivity index (χ1n) is 18.2. The molecule has 0 saturated carbocycles. The molecule has 0 aliphatic heterocycles. The zero-order chi connectivity index (χ0) is 35.3. The minimum absolute atomic E-state index is 0.593. The van der Waals surface area contributed by atoms with Crippen LogP contribution >= 0.6 is 0 Å². The van der Waals surface area contributed by atoms with Crippen LogP contribution in [0, 0.1) is 0 Å². The lowest BCUT2D eigenvalue weighted by atomic mass is 9.99. The molecule has 0 unspecified atom stereocenters. The summed E-state index contributed by atoms with van der Waals surface area (Å²) in [4.78, 5) is 15.7. The maximum absolute atomic E-state index is 6.64. The van der Waals surface area contributed by atoms with Crippen molar-refractivity contribution in [3.8, 4) is 62.1 Å². The number of furan rings is 1. The van der Waals surface area contributed by atoms with Crippen LogP contribution in [-0.4, -0.2) is 19.5 Å². The third-order valence-electron chi connectivity index (χ3n) is 11.0. The Hall–Kier alpha value is -7.37. The number of fused-ring (bicyclic) bond motifs is 9. The van der Waals surface area contributed by atoms with Gasteiger partial charge >= 0.3 is 0 Å². The maximum atomic E-state index is 6.64. The van der Waals surface area contributed by atoms with Crippen molar-refractivity contribution in [3.05, 3.63) is 170 Å². The van der Waals surface area contributed by atoms with E-state index >= 15 is 0 Å². The molecule has 11 aromatic rings. The van der Waals surface area contributed by atoms with Crippen LogP contribution in [-0.2, 0) is 0 Å². The second-order valence-corrected chi connectivity index (χ2v) is 13.9. The molecule has 54 heavy (non-hydrogen) atoms. The summed E-state index contributed by atoms with van der Waals surface area (Å²) in [6.07, 6.45) is 0. The van der Waals surface area contributed by atoms with E-state index in [1.165, 1.54) is 43.8 Å². The molecule has 0 fully saturated rings. The van der Waals surface area contributed by atoms with Crippen molar-refractivity contribution in [1.82, 2.24) is 19.5 Å². The van der Waals surface area contributed by atoms with Gasteiger partial charge < -0.3 is 8.98 Å². The molecule has 0 bridgehead atoms. The van der Waals surface area contributed by atoms with Crippen LogP contribution in [0.25, 0.3) is 117 Å². The van der Waals surface area contributed by atoms with E-state index in [4.69, 9.17) is 19.4 Å². The topological polar surface area (TPSA) is 56.7 Å². The van der Waals surface area contributed by atoms with Crippen LogP contribution in [0.3, 0.4) is 0 Å². The summed E-state index contributed by atoms with van der Waals surface area (Å²) in [7, 11) is 0. The number of rotatable bonds is 4. The lowest BCUT2D eigenvalue weighted by Crippen LogP contribution is -2.03. The highest BCUT2D eigenvalue weighted by atomic mass is 16.3. The van der Waals surface area contributed by atoms with Crippen LogP contribution in [0.2, 0.25) is 0 Å². The monoisotopic (exact) mass is 688 g/mol. The molecule has 0 saturated heterocycles. The predicted octanol–water partition coefficient (Wildman–Crippen LogP) is 12.7. The Labute approximate surface area is 309 Å². The Morgan fingerprint density at radius 2 is 0.944 bits per heavy atom. The van der Waals surface area contributed by atoms with Crippen LogP contribution in [0.4, 0.5) is 0 Å². The lowest BCUT2D eigenvalue weighted by Gasteiger charge is -2.14. The largest absolute Gasteiger partial charge is 0.456 e. The van der Waals surface area contributed by atoms with Crippen molar-refractivity contribution in [1.29, 1.82) is 0 Å². The quantitative estimate of drug-likeness (QED) is 0.185. The van der Waals surface area contributed by atoms with E-state index in [1.807, 2.05) is 30.3 Å². The number of hydrogen-bond donors (Lipinski definition) is 0. The van der Waals surface area contributed by atoms with Gasteiger partial charge in [0.1, 0.15) is 11.2 Å². The van der Waals surface area contributed by atoms with Crippen molar-refractivity contribution in [2.24, 2.45) is 0 Å².